The normalized spacial score (nSPS) is 18.9. The molecule has 2 aromatic heterocycles. The first kappa shape index (κ1) is 15.2. The fourth-order valence-electron chi connectivity index (χ4n) is 2.42. The average molecular weight is 321 g/mol. The van der Waals surface area contributed by atoms with Gasteiger partial charge in [-0.3, -0.25) is 4.79 Å². The Balaban J connectivity index is 1.84. The first-order chi connectivity index (χ1) is 10.6. The predicted octanol–water partition coefficient (Wildman–Crippen LogP) is 2.78. The number of ether oxygens (including phenoxy) is 1. The molecule has 0 aromatic carbocycles. The van der Waals surface area contributed by atoms with Crippen molar-refractivity contribution in [2.45, 2.75) is 32.7 Å². The molecule has 0 unspecified atom stereocenters. The molecular weight excluding hydrogens is 302 g/mol. The summed E-state index contributed by atoms with van der Waals surface area (Å²) in [4.78, 5) is 16.5. The number of thiophene rings is 1. The second-order valence-corrected chi connectivity index (χ2v) is 6.72. The van der Waals surface area contributed by atoms with Gasteiger partial charge >= 0.3 is 0 Å². The lowest BCUT2D eigenvalue weighted by molar-refractivity contribution is -0.0104. The third-order valence-corrected chi connectivity index (χ3v) is 5.00. The Hall–Kier alpha value is -1.73. The number of nitrogens with zero attached hydrogens (tertiary/aromatic N) is 3. The van der Waals surface area contributed by atoms with Gasteiger partial charge in [-0.05, 0) is 18.1 Å². The van der Waals surface area contributed by atoms with E-state index in [0.717, 1.165) is 4.88 Å². The van der Waals surface area contributed by atoms with Crippen molar-refractivity contribution in [1.29, 1.82) is 0 Å². The highest BCUT2D eigenvalue weighted by Crippen LogP contribution is 2.29. The van der Waals surface area contributed by atoms with Crippen LogP contribution in [0.2, 0.25) is 0 Å². The van der Waals surface area contributed by atoms with Crippen molar-refractivity contribution in [2.75, 3.05) is 19.8 Å². The molecule has 0 bridgehead atoms. The van der Waals surface area contributed by atoms with Gasteiger partial charge in [0.05, 0.1) is 18.1 Å². The topological polar surface area (TPSA) is 68.5 Å². The van der Waals surface area contributed by atoms with Crippen molar-refractivity contribution in [1.82, 2.24) is 15.1 Å². The molecule has 1 aliphatic rings. The molecule has 0 saturated carbocycles. The number of aromatic nitrogens is 2. The molecule has 1 aliphatic heterocycles. The number of carbonyl (C=O) groups excluding carboxylic acids is 1. The molecule has 22 heavy (non-hydrogen) atoms. The number of rotatable bonds is 3. The van der Waals surface area contributed by atoms with Crippen LogP contribution in [-0.2, 0) is 4.74 Å². The van der Waals surface area contributed by atoms with Crippen LogP contribution in [0.3, 0.4) is 0 Å². The van der Waals surface area contributed by atoms with Gasteiger partial charge in [-0.15, -0.1) is 21.5 Å². The highest BCUT2D eigenvalue weighted by molar-refractivity contribution is 7.14. The highest BCUT2D eigenvalue weighted by Gasteiger charge is 2.33. The van der Waals surface area contributed by atoms with Crippen molar-refractivity contribution in [3.63, 3.8) is 0 Å². The monoisotopic (exact) mass is 321 g/mol. The largest absolute Gasteiger partial charge is 0.423 e. The molecule has 2 aromatic rings. The van der Waals surface area contributed by atoms with E-state index >= 15 is 0 Å². The van der Waals surface area contributed by atoms with Crippen molar-refractivity contribution >= 4 is 17.2 Å². The van der Waals surface area contributed by atoms with Gasteiger partial charge in [-0.2, -0.15) is 0 Å². The van der Waals surface area contributed by atoms with Crippen LogP contribution >= 0.6 is 11.3 Å². The van der Waals surface area contributed by atoms with Crippen molar-refractivity contribution in [3.8, 4) is 0 Å². The number of hydrogen-bond acceptors (Lipinski definition) is 6. The van der Waals surface area contributed by atoms with Crippen molar-refractivity contribution < 1.29 is 13.9 Å². The Labute approximate surface area is 133 Å². The highest BCUT2D eigenvalue weighted by atomic mass is 32.1. The van der Waals surface area contributed by atoms with Gasteiger partial charge in [-0.25, -0.2) is 0 Å². The standard InChI is InChI=1S/C15H19N3O3S/c1-9(2)12-4-5-13(22-12)15(19)18-6-7-20-8-11(18)14-17-16-10(3)21-14/h4-5,9,11H,6-8H2,1-3H3/t11-/m1/s1. The maximum absolute atomic E-state index is 12.8. The van der Waals surface area contributed by atoms with Gasteiger partial charge in [0.25, 0.3) is 5.91 Å². The summed E-state index contributed by atoms with van der Waals surface area (Å²) in [6.07, 6.45) is 0. The van der Waals surface area contributed by atoms with E-state index in [1.54, 1.807) is 23.2 Å². The van der Waals surface area contributed by atoms with E-state index in [2.05, 4.69) is 24.0 Å². The Bertz CT molecular complexity index is 665. The second kappa shape index (κ2) is 6.18. The van der Waals surface area contributed by atoms with Crippen LogP contribution < -0.4 is 0 Å². The molecule has 7 heteroatoms. The molecular formula is C15H19N3O3S. The fourth-order valence-corrected chi connectivity index (χ4v) is 3.38. The van der Waals surface area contributed by atoms with Crippen LogP contribution in [0.15, 0.2) is 16.5 Å². The Morgan fingerprint density at radius 2 is 2.23 bits per heavy atom. The number of morpholine rings is 1. The van der Waals surface area contributed by atoms with Gasteiger partial charge in [0.2, 0.25) is 11.8 Å². The third kappa shape index (κ3) is 2.91. The molecule has 1 fully saturated rings. The fraction of sp³-hybridized carbons (Fsp3) is 0.533. The minimum atomic E-state index is -0.313. The summed E-state index contributed by atoms with van der Waals surface area (Å²) < 4.78 is 11.0. The molecule has 3 heterocycles. The van der Waals surface area contributed by atoms with E-state index in [4.69, 9.17) is 9.15 Å². The molecule has 1 amide bonds. The van der Waals surface area contributed by atoms with Crippen LogP contribution in [0.25, 0.3) is 0 Å². The van der Waals surface area contributed by atoms with Crippen LogP contribution in [-0.4, -0.2) is 40.8 Å². The Morgan fingerprint density at radius 3 is 2.86 bits per heavy atom. The summed E-state index contributed by atoms with van der Waals surface area (Å²) in [6.45, 7) is 7.42. The van der Waals surface area contributed by atoms with Crippen LogP contribution in [0.1, 0.15) is 52.1 Å². The van der Waals surface area contributed by atoms with E-state index in [0.29, 0.717) is 37.5 Å². The van der Waals surface area contributed by atoms with Gasteiger partial charge in [0, 0.05) is 18.3 Å². The number of aryl methyl sites for hydroxylation is 1. The zero-order chi connectivity index (χ0) is 15.7. The molecule has 1 saturated heterocycles. The quantitative estimate of drug-likeness (QED) is 0.869. The van der Waals surface area contributed by atoms with E-state index in [1.165, 1.54) is 4.88 Å². The van der Waals surface area contributed by atoms with E-state index < -0.39 is 0 Å². The molecule has 3 rings (SSSR count). The minimum absolute atomic E-state index is 0.000975. The Morgan fingerprint density at radius 1 is 1.41 bits per heavy atom. The minimum Gasteiger partial charge on any atom is -0.423 e. The lowest BCUT2D eigenvalue weighted by Crippen LogP contribution is -2.43. The maximum atomic E-state index is 12.8. The smallest absolute Gasteiger partial charge is 0.264 e. The summed E-state index contributed by atoms with van der Waals surface area (Å²) in [7, 11) is 0. The average Bonchev–Trinajstić information content (AvgIpc) is 3.15. The number of hydrogen-bond donors (Lipinski definition) is 0. The molecule has 0 spiro atoms. The first-order valence-electron chi connectivity index (χ1n) is 7.34. The molecule has 6 nitrogen and oxygen atoms in total. The molecule has 0 radical (unpaired) electrons. The third-order valence-electron chi connectivity index (χ3n) is 3.62. The predicted molar refractivity (Wildman–Crippen MR) is 82.0 cm³/mol. The van der Waals surface area contributed by atoms with E-state index in [9.17, 15) is 4.79 Å². The molecule has 0 N–H and O–H groups in total. The summed E-state index contributed by atoms with van der Waals surface area (Å²) in [5, 5.41) is 7.89. The Kier molecular flexibility index (Phi) is 4.26. The van der Waals surface area contributed by atoms with Gasteiger partial charge in [0.15, 0.2) is 0 Å². The van der Waals surface area contributed by atoms with Crippen LogP contribution in [0.5, 0.6) is 0 Å². The molecule has 118 valence electrons. The lowest BCUT2D eigenvalue weighted by atomic mass is 10.2. The van der Waals surface area contributed by atoms with E-state index in [-0.39, 0.29) is 11.9 Å². The lowest BCUT2D eigenvalue weighted by Gasteiger charge is -2.33. The zero-order valence-electron chi connectivity index (χ0n) is 12.9. The number of carbonyl (C=O) groups is 1. The summed E-state index contributed by atoms with van der Waals surface area (Å²) in [6, 6.07) is 3.61. The maximum Gasteiger partial charge on any atom is 0.264 e. The van der Waals surface area contributed by atoms with Crippen LogP contribution in [0, 0.1) is 6.92 Å². The summed E-state index contributed by atoms with van der Waals surface area (Å²) in [5.74, 6) is 1.35. The number of amides is 1. The van der Waals surface area contributed by atoms with Gasteiger partial charge in [0.1, 0.15) is 6.04 Å². The summed E-state index contributed by atoms with van der Waals surface area (Å²) in [5.41, 5.74) is 0. The summed E-state index contributed by atoms with van der Waals surface area (Å²) >= 11 is 1.55. The van der Waals surface area contributed by atoms with Crippen LogP contribution in [0.4, 0.5) is 0 Å². The van der Waals surface area contributed by atoms with E-state index in [1.807, 2.05) is 12.1 Å². The zero-order valence-corrected chi connectivity index (χ0v) is 13.7. The molecule has 1 atom stereocenters. The SMILES string of the molecule is Cc1nnc([C@H]2COCCN2C(=O)c2ccc(C(C)C)s2)o1. The van der Waals surface area contributed by atoms with Crippen molar-refractivity contribution in [2.24, 2.45) is 0 Å². The first-order valence-corrected chi connectivity index (χ1v) is 8.16. The van der Waals surface area contributed by atoms with Gasteiger partial charge < -0.3 is 14.1 Å². The molecule has 0 aliphatic carbocycles. The van der Waals surface area contributed by atoms with Crippen molar-refractivity contribution in [3.05, 3.63) is 33.7 Å². The van der Waals surface area contributed by atoms with Gasteiger partial charge in [-0.1, -0.05) is 13.8 Å². The second-order valence-electron chi connectivity index (χ2n) is 5.61.